The molecule has 2 aromatic carbocycles. The third-order valence-electron chi connectivity index (χ3n) is 2.93. The Kier molecular flexibility index (Phi) is 5.79. The summed E-state index contributed by atoms with van der Waals surface area (Å²) in [6.07, 6.45) is 0. The van der Waals surface area contributed by atoms with Gasteiger partial charge in [0.25, 0.3) is 0 Å². The molecule has 0 aliphatic heterocycles. The number of halogens is 3. The fraction of sp³-hybridized carbons (Fsp3) is 0.200. The van der Waals surface area contributed by atoms with Gasteiger partial charge in [0.2, 0.25) is 0 Å². The minimum atomic E-state index is 0.577. The first-order chi connectivity index (χ1) is 10.0. The van der Waals surface area contributed by atoms with Gasteiger partial charge in [-0.05, 0) is 40.2 Å². The highest BCUT2D eigenvalue weighted by Gasteiger charge is 2.10. The molecule has 0 saturated heterocycles. The fourth-order valence-corrected chi connectivity index (χ4v) is 3.59. The smallest absolute Gasteiger partial charge is 0.138 e. The van der Waals surface area contributed by atoms with Gasteiger partial charge in [-0.15, -0.1) is 0 Å². The molecule has 0 spiro atoms. The highest BCUT2D eigenvalue weighted by Crippen LogP contribution is 2.34. The van der Waals surface area contributed by atoms with E-state index in [0.717, 1.165) is 31.7 Å². The van der Waals surface area contributed by atoms with Gasteiger partial charge in [-0.1, -0.05) is 27.5 Å². The first-order valence-electron chi connectivity index (χ1n) is 6.14. The monoisotopic (exact) mass is 433 g/mol. The van der Waals surface area contributed by atoms with Crippen molar-refractivity contribution in [3.05, 3.63) is 49.9 Å². The first-order valence-corrected chi connectivity index (χ1v) is 8.11. The van der Waals surface area contributed by atoms with Crippen molar-refractivity contribution in [1.82, 2.24) is 0 Å². The quantitative estimate of drug-likeness (QED) is 0.673. The Morgan fingerprint density at radius 2 is 1.86 bits per heavy atom. The predicted molar refractivity (Wildman–Crippen MR) is 93.7 cm³/mol. The highest BCUT2D eigenvalue weighted by atomic mass is 79.9. The number of nitrogens with one attached hydrogen (secondary N) is 1. The van der Waals surface area contributed by atoms with Crippen molar-refractivity contribution in [3.8, 4) is 11.5 Å². The van der Waals surface area contributed by atoms with Crippen LogP contribution in [0.3, 0.4) is 0 Å². The molecular formula is C15H14Br2ClNO2. The summed E-state index contributed by atoms with van der Waals surface area (Å²) in [5.74, 6) is 1.55. The Balaban J connectivity index is 2.24. The van der Waals surface area contributed by atoms with Crippen LogP contribution in [0.15, 0.2) is 39.3 Å². The van der Waals surface area contributed by atoms with E-state index in [2.05, 4.69) is 37.2 Å². The predicted octanol–water partition coefficient (Wildman–Crippen LogP) is 5.49. The zero-order chi connectivity index (χ0) is 15.4. The minimum absolute atomic E-state index is 0.577. The fourth-order valence-electron chi connectivity index (χ4n) is 1.93. The van der Waals surface area contributed by atoms with Crippen LogP contribution in [0.25, 0.3) is 0 Å². The Morgan fingerprint density at radius 1 is 1.10 bits per heavy atom. The van der Waals surface area contributed by atoms with Crippen LogP contribution >= 0.6 is 43.5 Å². The summed E-state index contributed by atoms with van der Waals surface area (Å²) in [4.78, 5) is 0. The molecule has 2 rings (SSSR count). The van der Waals surface area contributed by atoms with E-state index in [4.69, 9.17) is 21.1 Å². The molecule has 0 aliphatic carbocycles. The lowest BCUT2D eigenvalue weighted by atomic mass is 10.2. The topological polar surface area (TPSA) is 30.5 Å². The van der Waals surface area contributed by atoms with Crippen molar-refractivity contribution >= 4 is 49.1 Å². The lowest BCUT2D eigenvalue weighted by Gasteiger charge is -2.14. The van der Waals surface area contributed by atoms with Crippen LogP contribution in [-0.2, 0) is 6.54 Å². The zero-order valence-electron chi connectivity index (χ0n) is 11.5. The summed E-state index contributed by atoms with van der Waals surface area (Å²) in [6, 6.07) is 9.44. The van der Waals surface area contributed by atoms with Crippen LogP contribution in [0.1, 0.15) is 5.56 Å². The van der Waals surface area contributed by atoms with Crippen LogP contribution in [-0.4, -0.2) is 14.2 Å². The summed E-state index contributed by atoms with van der Waals surface area (Å²) in [7, 11) is 3.28. The molecule has 21 heavy (non-hydrogen) atoms. The van der Waals surface area contributed by atoms with Crippen LogP contribution in [0, 0.1) is 0 Å². The van der Waals surface area contributed by atoms with Crippen LogP contribution in [0.5, 0.6) is 11.5 Å². The molecule has 1 N–H and O–H groups in total. The Morgan fingerprint density at radius 3 is 2.52 bits per heavy atom. The zero-order valence-corrected chi connectivity index (χ0v) is 15.5. The average molecular weight is 436 g/mol. The number of ether oxygens (including phenoxy) is 2. The standard InChI is InChI=1S/C15H14Br2ClNO2/c1-20-11-3-4-13(18)14(7-11)19-8-9-5-10(16)6-12(17)15(9)21-2/h3-7,19H,8H2,1-2H3. The van der Waals surface area contributed by atoms with Gasteiger partial charge < -0.3 is 14.8 Å². The molecule has 0 fully saturated rings. The van der Waals surface area contributed by atoms with E-state index < -0.39 is 0 Å². The average Bonchev–Trinajstić information content (AvgIpc) is 2.46. The molecule has 6 heteroatoms. The van der Waals surface area contributed by atoms with Gasteiger partial charge in [0.15, 0.2) is 0 Å². The van der Waals surface area contributed by atoms with Crippen molar-refractivity contribution in [2.75, 3.05) is 19.5 Å². The van der Waals surface area contributed by atoms with Gasteiger partial charge >= 0.3 is 0 Å². The van der Waals surface area contributed by atoms with Gasteiger partial charge in [0.05, 0.1) is 29.4 Å². The van der Waals surface area contributed by atoms with Gasteiger partial charge in [0.1, 0.15) is 11.5 Å². The van der Waals surface area contributed by atoms with Crippen LogP contribution < -0.4 is 14.8 Å². The van der Waals surface area contributed by atoms with Gasteiger partial charge in [-0.3, -0.25) is 0 Å². The second kappa shape index (κ2) is 7.38. The van der Waals surface area contributed by atoms with Crippen LogP contribution in [0.4, 0.5) is 5.69 Å². The molecule has 0 aromatic heterocycles. The summed E-state index contributed by atoms with van der Waals surface area (Å²) >= 11 is 13.2. The second-order valence-electron chi connectivity index (χ2n) is 4.28. The van der Waals surface area contributed by atoms with E-state index in [0.29, 0.717) is 11.6 Å². The molecule has 0 amide bonds. The van der Waals surface area contributed by atoms with Crippen molar-refractivity contribution < 1.29 is 9.47 Å². The molecule has 0 heterocycles. The molecular weight excluding hydrogens is 421 g/mol. The largest absolute Gasteiger partial charge is 0.497 e. The molecule has 0 bridgehead atoms. The van der Waals surface area contributed by atoms with E-state index in [1.54, 1.807) is 20.3 Å². The van der Waals surface area contributed by atoms with Crippen LogP contribution in [0.2, 0.25) is 5.02 Å². The van der Waals surface area contributed by atoms with Crippen molar-refractivity contribution in [1.29, 1.82) is 0 Å². The number of rotatable bonds is 5. The number of hydrogen-bond donors (Lipinski definition) is 1. The first kappa shape index (κ1) is 16.5. The number of hydrogen-bond acceptors (Lipinski definition) is 3. The molecule has 3 nitrogen and oxygen atoms in total. The Bertz CT molecular complexity index is 650. The van der Waals surface area contributed by atoms with E-state index >= 15 is 0 Å². The normalized spacial score (nSPS) is 10.3. The van der Waals surface area contributed by atoms with E-state index in [-0.39, 0.29) is 0 Å². The van der Waals surface area contributed by atoms with Crippen molar-refractivity contribution in [2.24, 2.45) is 0 Å². The number of methoxy groups -OCH3 is 2. The van der Waals surface area contributed by atoms with Gasteiger partial charge in [-0.25, -0.2) is 0 Å². The SMILES string of the molecule is COc1ccc(Cl)c(NCc2cc(Br)cc(Br)c2OC)c1. The number of benzene rings is 2. The lowest BCUT2D eigenvalue weighted by molar-refractivity contribution is 0.407. The van der Waals surface area contributed by atoms with E-state index in [9.17, 15) is 0 Å². The molecule has 0 saturated carbocycles. The highest BCUT2D eigenvalue weighted by molar-refractivity contribution is 9.11. The summed E-state index contributed by atoms with van der Waals surface area (Å²) in [5, 5.41) is 3.94. The maximum absolute atomic E-state index is 6.19. The Hall–Kier alpha value is -0.910. The summed E-state index contributed by atoms with van der Waals surface area (Å²) in [6.45, 7) is 0.577. The van der Waals surface area contributed by atoms with Crippen molar-refractivity contribution in [3.63, 3.8) is 0 Å². The summed E-state index contributed by atoms with van der Waals surface area (Å²) < 4.78 is 12.5. The molecule has 2 aromatic rings. The molecule has 0 unspecified atom stereocenters. The maximum atomic E-state index is 6.19. The van der Waals surface area contributed by atoms with E-state index in [1.165, 1.54) is 0 Å². The molecule has 0 atom stereocenters. The van der Waals surface area contributed by atoms with Crippen molar-refractivity contribution in [2.45, 2.75) is 6.54 Å². The lowest BCUT2D eigenvalue weighted by Crippen LogP contribution is -2.03. The second-order valence-corrected chi connectivity index (χ2v) is 6.46. The third-order valence-corrected chi connectivity index (χ3v) is 4.31. The molecule has 0 radical (unpaired) electrons. The maximum Gasteiger partial charge on any atom is 0.138 e. The molecule has 0 aliphatic rings. The third kappa shape index (κ3) is 4.05. The molecule has 112 valence electrons. The van der Waals surface area contributed by atoms with E-state index in [1.807, 2.05) is 24.3 Å². The minimum Gasteiger partial charge on any atom is -0.497 e. The van der Waals surface area contributed by atoms with Gasteiger partial charge in [0, 0.05) is 22.6 Å². The number of anilines is 1. The summed E-state index contributed by atoms with van der Waals surface area (Å²) in [5.41, 5.74) is 1.83. The Labute approximate surface area is 145 Å². The van der Waals surface area contributed by atoms with Gasteiger partial charge in [-0.2, -0.15) is 0 Å².